The molecule has 2 fully saturated rings. The van der Waals surface area contributed by atoms with Gasteiger partial charge in [0.1, 0.15) is 64.7 Å². The van der Waals surface area contributed by atoms with E-state index >= 15 is 8.78 Å². The van der Waals surface area contributed by atoms with Gasteiger partial charge in [-0.2, -0.15) is 23.1 Å². The van der Waals surface area contributed by atoms with Crippen LogP contribution in [-0.2, 0) is 19.3 Å². The van der Waals surface area contributed by atoms with Crippen molar-refractivity contribution in [3.05, 3.63) is 113 Å². The van der Waals surface area contributed by atoms with Gasteiger partial charge in [0.2, 0.25) is 5.88 Å². The Bertz CT molecular complexity index is 2720. The molecule has 0 radical (unpaired) electrons. The van der Waals surface area contributed by atoms with Crippen LogP contribution in [0.25, 0.3) is 22.2 Å². The van der Waals surface area contributed by atoms with Crippen LogP contribution in [0.1, 0.15) is 54.5 Å². The minimum Gasteiger partial charge on any atom is -0.497 e. The van der Waals surface area contributed by atoms with E-state index in [-0.39, 0.29) is 55.8 Å². The SMILES string of the molecule is COc1ccc(CN(Cc2ccc(OC)cc2)c2ncccc2[C@@H](C)N2CCOc3nc(-c4cc(N)c(F)c(F)c4C(F)(F)F)c(F)c4nc(OC[C@@]56CCCN5C[C@H](F)C6)nc2c34)cc1. The second-order valence-electron chi connectivity index (χ2n) is 16.7. The molecule has 346 valence electrons. The number of alkyl halides is 4. The topological polar surface area (TPSA) is 124 Å². The summed E-state index contributed by atoms with van der Waals surface area (Å²) < 4.78 is 128. The molecule has 6 heterocycles. The molecule has 2 saturated heterocycles. The maximum atomic E-state index is 17.3. The lowest BCUT2D eigenvalue weighted by Crippen LogP contribution is -2.43. The Morgan fingerprint density at radius 1 is 0.909 bits per heavy atom. The number of pyridine rings is 2. The van der Waals surface area contributed by atoms with E-state index in [0.29, 0.717) is 49.4 Å². The first kappa shape index (κ1) is 44.6. The second-order valence-corrected chi connectivity index (χ2v) is 16.7. The normalized spacial score (nSPS) is 18.8. The van der Waals surface area contributed by atoms with E-state index in [4.69, 9.17) is 34.6 Å². The Labute approximate surface area is 375 Å². The van der Waals surface area contributed by atoms with Crippen LogP contribution in [-0.4, -0.2) is 83.6 Å². The van der Waals surface area contributed by atoms with Gasteiger partial charge in [0, 0.05) is 43.4 Å². The quantitative estimate of drug-likeness (QED) is 0.0878. The molecule has 3 aromatic carbocycles. The summed E-state index contributed by atoms with van der Waals surface area (Å²) in [4.78, 5) is 24.2. The van der Waals surface area contributed by atoms with E-state index in [1.54, 1.807) is 26.5 Å². The van der Waals surface area contributed by atoms with Gasteiger partial charge in [-0.1, -0.05) is 30.3 Å². The van der Waals surface area contributed by atoms with Gasteiger partial charge in [0.05, 0.1) is 38.0 Å². The van der Waals surface area contributed by atoms with E-state index in [9.17, 15) is 22.0 Å². The highest BCUT2D eigenvalue weighted by atomic mass is 19.4. The Morgan fingerprint density at radius 3 is 2.24 bits per heavy atom. The Balaban J connectivity index is 1.18. The van der Waals surface area contributed by atoms with Crippen molar-refractivity contribution in [1.82, 2.24) is 24.8 Å². The molecular formula is C47H45F7N8O4. The Kier molecular flexibility index (Phi) is 11.9. The number of anilines is 3. The molecule has 12 nitrogen and oxygen atoms in total. The van der Waals surface area contributed by atoms with Gasteiger partial charge in [-0.25, -0.2) is 27.5 Å². The highest BCUT2D eigenvalue weighted by molar-refractivity contribution is 5.97. The summed E-state index contributed by atoms with van der Waals surface area (Å²) in [6, 6.07) is 18.5. The lowest BCUT2D eigenvalue weighted by molar-refractivity contribution is -0.139. The van der Waals surface area contributed by atoms with E-state index < -0.39 is 69.4 Å². The van der Waals surface area contributed by atoms with Crippen molar-refractivity contribution in [3.63, 3.8) is 0 Å². The third-order valence-corrected chi connectivity index (χ3v) is 12.7. The number of methoxy groups -OCH3 is 2. The number of fused-ring (bicyclic) bond motifs is 1. The van der Waals surface area contributed by atoms with Crippen molar-refractivity contribution in [3.8, 4) is 34.6 Å². The number of nitrogen functional groups attached to an aromatic ring is 1. The van der Waals surface area contributed by atoms with Crippen molar-refractivity contribution in [2.75, 3.05) is 62.6 Å². The largest absolute Gasteiger partial charge is 0.497 e. The molecular weight excluding hydrogens is 874 g/mol. The zero-order valence-corrected chi connectivity index (χ0v) is 36.1. The molecule has 0 amide bonds. The number of nitrogens with two attached hydrogens (primary N) is 1. The van der Waals surface area contributed by atoms with Crippen molar-refractivity contribution < 1.29 is 49.7 Å². The smallest absolute Gasteiger partial charge is 0.419 e. The predicted octanol–water partition coefficient (Wildman–Crippen LogP) is 9.24. The molecule has 2 N–H and O–H groups in total. The molecule has 19 heteroatoms. The minimum atomic E-state index is -5.50. The third kappa shape index (κ3) is 8.28. The maximum Gasteiger partial charge on any atom is 0.419 e. The first-order chi connectivity index (χ1) is 31.7. The van der Waals surface area contributed by atoms with Gasteiger partial charge in [-0.15, -0.1) is 0 Å². The number of halogens is 7. The van der Waals surface area contributed by atoms with Gasteiger partial charge in [0.25, 0.3) is 0 Å². The van der Waals surface area contributed by atoms with Gasteiger partial charge < -0.3 is 34.5 Å². The summed E-state index contributed by atoms with van der Waals surface area (Å²) in [5.41, 5.74) is 1.71. The van der Waals surface area contributed by atoms with Crippen LogP contribution < -0.4 is 34.5 Å². The number of nitrogens with zero attached hydrogens (tertiary/aromatic N) is 7. The zero-order valence-electron chi connectivity index (χ0n) is 36.1. The van der Waals surface area contributed by atoms with Crippen LogP contribution in [0, 0.1) is 17.5 Å². The number of hydrogen-bond donors (Lipinski definition) is 1. The minimum absolute atomic E-state index is 0.0623. The van der Waals surface area contributed by atoms with E-state index in [0.717, 1.165) is 23.1 Å². The Hall–Kier alpha value is -6.63. The van der Waals surface area contributed by atoms with Crippen molar-refractivity contribution >= 4 is 28.2 Å². The predicted molar refractivity (Wildman–Crippen MR) is 232 cm³/mol. The summed E-state index contributed by atoms with van der Waals surface area (Å²) in [7, 11) is 3.18. The molecule has 0 aliphatic carbocycles. The molecule has 6 aromatic rings. The van der Waals surface area contributed by atoms with Crippen molar-refractivity contribution in [2.45, 2.75) is 63.2 Å². The van der Waals surface area contributed by atoms with Crippen molar-refractivity contribution in [1.29, 1.82) is 0 Å². The molecule has 0 unspecified atom stereocenters. The van der Waals surface area contributed by atoms with Crippen LogP contribution in [0.3, 0.4) is 0 Å². The standard InChI is InChI=1S/C47H45F7N8O4/c1-26(32-6-4-16-56-42(32)60(22-27-7-11-30(63-2)12-8-27)23-28-9-13-31(64-3)14-10-28)62-18-19-65-44-35-41(39(51)40(57-44)33-20-34(55)37(49)38(50)36(33)47(52,53)54)58-45(59-43(35)62)66-25-46-15-5-17-61(46)24-29(48)21-46/h4,6-14,16,20,26,29H,5,15,17-19,21-25,55H2,1-3H3/t26-,29-,46+/m1/s1. The lowest BCUT2D eigenvalue weighted by atomic mass is 9.95. The van der Waals surface area contributed by atoms with Gasteiger partial charge in [-0.3, -0.25) is 4.90 Å². The van der Waals surface area contributed by atoms with Gasteiger partial charge in [0.15, 0.2) is 17.5 Å². The number of rotatable bonds is 13. The highest BCUT2D eigenvalue weighted by Crippen LogP contribution is 2.47. The van der Waals surface area contributed by atoms with Crippen LogP contribution in [0.5, 0.6) is 23.4 Å². The third-order valence-electron chi connectivity index (χ3n) is 12.7. The Morgan fingerprint density at radius 2 is 1.59 bits per heavy atom. The molecule has 9 rings (SSSR count). The van der Waals surface area contributed by atoms with Crippen LogP contribution >= 0.6 is 0 Å². The molecule has 0 bridgehead atoms. The maximum absolute atomic E-state index is 17.3. The van der Waals surface area contributed by atoms with Gasteiger partial charge >= 0.3 is 12.2 Å². The first-order valence-corrected chi connectivity index (χ1v) is 21.3. The molecule has 0 saturated carbocycles. The fraction of sp³-hybridized carbons (Fsp3) is 0.362. The van der Waals surface area contributed by atoms with E-state index in [2.05, 4.69) is 14.9 Å². The van der Waals surface area contributed by atoms with Crippen molar-refractivity contribution in [2.24, 2.45) is 0 Å². The average Bonchev–Trinajstić information content (AvgIpc) is 3.77. The molecule has 66 heavy (non-hydrogen) atoms. The summed E-state index contributed by atoms with van der Waals surface area (Å²) in [6.45, 7) is 3.49. The summed E-state index contributed by atoms with van der Waals surface area (Å²) in [5, 5.41) is -0.110. The summed E-state index contributed by atoms with van der Waals surface area (Å²) in [5.74, 6) is -4.00. The molecule has 3 aliphatic rings. The highest BCUT2D eigenvalue weighted by Gasteiger charge is 2.49. The van der Waals surface area contributed by atoms with E-state index in [1.165, 1.54) is 0 Å². The summed E-state index contributed by atoms with van der Waals surface area (Å²) in [6.07, 6.45) is -3.29. The van der Waals surface area contributed by atoms with Crippen LogP contribution in [0.2, 0.25) is 0 Å². The lowest BCUT2D eigenvalue weighted by Gasteiger charge is -2.34. The zero-order chi connectivity index (χ0) is 46.5. The summed E-state index contributed by atoms with van der Waals surface area (Å²) >= 11 is 0. The number of hydrogen-bond acceptors (Lipinski definition) is 12. The van der Waals surface area contributed by atoms with Crippen LogP contribution in [0.15, 0.2) is 72.9 Å². The fourth-order valence-corrected chi connectivity index (χ4v) is 9.42. The number of benzene rings is 3. The first-order valence-electron chi connectivity index (χ1n) is 21.3. The van der Waals surface area contributed by atoms with Crippen LogP contribution in [0.4, 0.5) is 48.1 Å². The molecule has 3 atom stereocenters. The monoisotopic (exact) mass is 918 g/mol. The molecule has 3 aromatic heterocycles. The van der Waals surface area contributed by atoms with E-state index in [1.807, 2.05) is 71.3 Å². The number of aromatic nitrogens is 4. The average molecular weight is 919 g/mol. The fourth-order valence-electron chi connectivity index (χ4n) is 9.42. The van der Waals surface area contributed by atoms with Gasteiger partial charge in [-0.05, 0) is 73.8 Å². The molecule has 3 aliphatic heterocycles. The molecule has 0 spiro atoms. The second kappa shape index (κ2) is 17.6. The number of ether oxygens (including phenoxy) is 4.